The van der Waals surface area contributed by atoms with Crippen molar-refractivity contribution in [2.24, 2.45) is 11.1 Å². The molecule has 0 saturated heterocycles. The fraction of sp³-hybridized carbons (Fsp3) is 0.583. The van der Waals surface area contributed by atoms with Gasteiger partial charge in [-0.2, -0.15) is 0 Å². The van der Waals surface area contributed by atoms with Crippen LogP contribution < -0.4 is 11.1 Å². The average Bonchev–Trinajstić information content (AvgIpc) is 2.14. The fourth-order valence-electron chi connectivity index (χ4n) is 1.60. The molecule has 0 radical (unpaired) electrons. The molecule has 0 aliphatic rings. The number of aromatic nitrogens is 1. The molecule has 0 bridgehead atoms. The third kappa shape index (κ3) is 4.94. The SMILES string of the molecule is CC(C)(C)CC(N)CNc1ncccc1Br. The van der Waals surface area contributed by atoms with E-state index in [1.165, 1.54) is 0 Å². The Bertz CT molecular complexity index is 333. The summed E-state index contributed by atoms with van der Waals surface area (Å²) in [6.45, 7) is 7.34. The van der Waals surface area contributed by atoms with Crippen molar-refractivity contribution in [1.82, 2.24) is 4.98 Å². The summed E-state index contributed by atoms with van der Waals surface area (Å²) in [5.41, 5.74) is 6.32. The topological polar surface area (TPSA) is 50.9 Å². The van der Waals surface area contributed by atoms with Gasteiger partial charge in [0.2, 0.25) is 0 Å². The van der Waals surface area contributed by atoms with E-state index in [0.717, 1.165) is 23.3 Å². The van der Waals surface area contributed by atoms with E-state index < -0.39 is 0 Å². The van der Waals surface area contributed by atoms with Gasteiger partial charge in [-0.3, -0.25) is 0 Å². The molecule has 0 aliphatic heterocycles. The first-order valence-corrected chi connectivity index (χ1v) is 6.28. The van der Waals surface area contributed by atoms with Crippen LogP contribution in [0.5, 0.6) is 0 Å². The molecule has 1 atom stereocenters. The summed E-state index contributed by atoms with van der Waals surface area (Å²) in [6.07, 6.45) is 2.76. The minimum atomic E-state index is 0.147. The fourth-order valence-corrected chi connectivity index (χ4v) is 2.00. The first kappa shape index (κ1) is 13.5. The molecular formula is C12H20BrN3. The summed E-state index contributed by atoms with van der Waals surface area (Å²) in [7, 11) is 0. The molecule has 1 rings (SSSR count). The molecule has 0 aromatic carbocycles. The Morgan fingerprint density at radius 1 is 1.50 bits per heavy atom. The first-order valence-electron chi connectivity index (χ1n) is 5.48. The third-order valence-electron chi connectivity index (χ3n) is 2.16. The van der Waals surface area contributed by atoms with Crippen molar-refractivity contribution < 1.29 is 0 Å². The molecule has 0 amide bonds. The quantitative estimate of drug-likeness (QED) is 0.894. The van der Waals surface area contributed by atoms with Crippen molar-refractivity contribution in [2.45, 2.75) is 33.2 Å². The predicted octanol–water partition coefficient (Wildman–Crippen LogP) is 3.02. The Hall–Kier alpha value is -0.610. The van der Waals surface area contributed by atoms with Crippen molar-refractivity contribution >= 4 is 21.7 Å². The lowest BCUT2D eigenvalue weighted by Gasteiger charge is -2.23. The van der Waals surface area contributed by atoms with Gasteiger partial charge >= 0.3 is 0 Å². The zero-order valence-corrected chi connectivity index (χ0v) is 11.7. The highest BCUT2D eigenvalue weighted by molar-refractivity contribution is 9.10. The smallest absolute Gasteiger partial charge is 0.140 e. The van der Waals surface area contributed by atoms with E-state index in [4.69, 9.17) is 5.73 Å². The molecule has 3 N–H and O–H groups in total. The molecule has 3 nitrogen and oxygen atoms in total. The molecule has 1 heterocycles. The van der Waals surface area contributed by atoms with Gasteiger partial charge in [0.05, 0.1) is 4.47 Å². The monoisotopic (exact) mass is 285 g/mol. The van der Waals surface area contributed by atoms with E-state index in [2.05, 4.69) is 47.0 Å². The lowest BCUT2D eigenvalue weighted by molar-refractivity contribution is 0.344. The van der Waals surface area contributed by atoms with Gasteiger partial charge < -0.3 is 11.1 Å². The van der Waals surface area contributed by atoms with Crippen LogP contribution in [0.1, 0.15) is 27.2 Å². The lowest BCUT2D eigenvalue weighted by Crippen LogP contribution is -2.33. The van der Waals surface area contributed by atoms with Gasteiger partial charge in [-0.25, -0.2) is 4.98 Å². The Kier molecular flexibility index (Phi) is 4.74. The predicted molar refractivity (Wildman–Crippen MR) is 72.5 cm³/mol. The van der Waals surface area contributed by atoms with Crippen LogP contribution in [0.3, 0.4) is 0 Å². The summed E-state index contributed by atoms with van der Waals surface area (Å²) < 4.78 is 0.970. The molecule has 90 valence electrons. The maximum absolute atomic E-state index is 6.05. The van der Waals surface area contributed by atoms with Crippen LogP contribution in [0.4, 0.5) is 5.82 Å². The van der Waals surface area contributed by atoms with Gasteiger partial charge in [0.25, 0.3) is 0 Å². The van der Waals surface area contributed by atoms with Crippen molar-refractivity contribution in [1.29, 1.82) is 0 Å². The molecule has 1 unspecified atom stereocenters. The summed E-state index contributed by atoms with van der Waals surface area (Å²) >= 11 is 3.44. The van der Waals surface area contributed by atoms with E-state index in [9.17, 15) is 0 Å². The largest absolute Gasteiger partial charge is 0.368 e. The average molecular weight is 286 g/mol. The van der Waals surface area contributed by atoms with E-state index in [0.29, 0.717) is 0 Å². The molecule has 0 aliphatic carbocycles. The Labute approximate surface area is 106 Å². The van der Waals surface area contributed by atoms with Crippen LogP contribution in [0.2, 0.25) is 0 Å². The molecule has 0 saturated carbocycles. The number of rotatable bonds is 4. The standard InChI is InChI=1S/C12H20BrN3/c1-12(2,3)7-9(14)8-16-11-10(13)5-4-6-15-11/h4-6,9H,7-8,14H2,1-3H3,(H,15,16). The zero-order valence-electron chi connectivity index (χ0n) is 10.1. The molecule has 4 heteroatoms. The molecule has 1 aromatic heterocycles. The second-order valence-electron chi connectivity index (χ2n) is 5.24. The van der Waals surface area contributed by atoms with Crippen LogP contribution >= 0.6 is 15.9 Å². The van der Waals surface area contributed by atoms with Crippen molar-refractivity contribution in [2.75, 3.05) is 11.9 Å². The maximum atomic E-state index is 6.05. The van der Waals surface area contributed by atoms with E-state index in [1.807, 2.05) is 12.1 Å². The second kappa shape index (κ2) is 5.64. The van der Waals surface area contributed by atoms with Crippen molar-refractivity contribution in [3.05, 3.63) is 22.8 Å². The zero-order chi connectivity index (χ0) is 12.2. The Morgan fingerprint density at radius 3 is 2.75 bits per heavy atom. The number of hydrogen-bond acceptors (Lipinski definition) is 3. The van der Waals surface area contributed by atoms with Gasteiger partial charge in [0.1, 0.15) is 5.82 Å². The Balaban J connectivity index is 2.43. The summed E-state index contributed by atoms with van der Waals surface area (Å²) in [6, 6.07) is 4.00. The van der Waals surface area contributed by atoms with E-state index in [-0.39, 0.29) is 11.5 Å². The minimum absolute atomic E-state index is 0.147. The van der Waals surface area contributed by atoms with Gasteiger partial charge in [0.15, 0.2) is 0 Å². The van der Waals surface area contributed by atoms with Crippen LogP contribution in [0, 0.1) is 5.41 Å². The number of pyridine rings is 1. The number of halogens is 1. The number of nitrogens with zero attached hydrogens (tertiary/aromatic N) is 1. The number of hydrogen-bond donors (Lipinski definition) is 2. The normalized spacial score (nSPS) is 13.6. The second-order valence-corrected chi connectivity index (χ2v) is 6.09. The third-order valence-corrected chi connectivity index (χ3v) is 2.80. The van der Waals surface area contributed by atoms with Crippen molar-refractivity contribution in [3.63, 3.8) is 0 Å². The maximum Gasteiger partial charge on any atom is 0.140 e. The molecular weight excluding hydrogens is 266 g/mol. The molecule has 0 fully saturated rings. The van der Waals surface area contributed by atoms with Gasteiger partial charge in [-0.1, -0.05) is 20.8 Å². The first-order chi connectivity index (χ1) is 7.38. The van der Waals surface area contributed by atoms with Gasteiger partial charge in [-0.05, 0) is 39.9 Å². The molecule has 1 aromatic rings. The molecule has 16 heavy (non-hydrogen) atoms. The van der Waals surface area contributed by atoms with Crippen LogP contribution in [0.25, 0.3) is 0 Å². The minimum Gasteiger partial charge on any atom is -0.368 e. The van der Waals surface area contributed by atoms with Crippen LogP contribution in [-0.4, -0.2) is 17.6 Å². The Morgan fingerprint density at radius 2 is 2.19 bits per heavy atom. The lowest BCUT2D eigenvalue weighted by atomic mass is 9.88. The van der Waals surface area contributed by atoms with Gasteiger partial charge in [-0.15, -0.1) is 0 Å². The summed E-state index contributed by atoms with van der Waals surface area (Å²) in [5, 5.41) is 3.25. The van der Waals surface area contributed by atoms with E-state index >= 15 is 0 Å². The highest BCUT2D eigenvalue weighted by Crippen LogP contribution is 2.21. The van der Waals surface area contributed by atoms with Gasteiger partial charge in [0, 0.05) is 18.8 Å². The highest BCUT2D eigenvalue weighted by Gasteiger charge is 2.15. The number of nitrogens with one attached hydrogen (secondary N) is 1. The molecule has 0 spiro atoms. The number of nitrogens with two attached hydrogens (primary N) is 1. The van der Waals surface area contributed by atoms with Crippen LogP contribution in [0.15, 0.2) is 22.8 Å². The van der Waals surface area contributed by atoms with Crippen molar-refractivity contribution in [3.8, 4) is 0 Å². The van der Waals surface area contributed by atoms with E-state index in [1.54, 1.807) is 6.20 Å². The summed E-state index contributed by atoms with van der Waals surface area (Å²) in [5.74, 6) is 0.854. The summed E-state index contributed by atoms with van der Waals surface area (Å²) in [4.78, 5) is 4.23. The van der Waals surface area contributed by atoms with Crippen LogP contribution in [-0.2, 0) is 0 Å². The highest BCUT2D eigenvalue weighted by atomic mass is 79.9. The number of anilines is 1.